The molecule has 1 rings (SSSR count). The van der Waals surface area contributed by atoms with Crippen molar-refractivity contribution in [3.63, 3.8) is 0 Å². The predicted molar refractivity (Wildman–Crippen MR) is 106 cm³/mol. The minimum absolute atomic E-state index is 0.0136. The maximum atomic E-state index is 12.0. The van der Waals surface area contributed by atoms with Crippen molar-refractivity contribution in [2.75, 3.05) is 13.7 Å². The topological polar surface area (TPSA) is 117 Å². The summed E-state index contributed by atoms with van der Waals surface area (Å²) in [5.41, 5.74) is 0.772. The number of rotatable bonds is 14. The van der Waals surface area contributed by atoms with Gasteiger partial charge in [-0.1, -0.05) is 45.6 Å². The normalized spacial score (nSPS) is 10.5. The monoisotopic (exact) mass is 410 g/mol. The molecule has 0 aromatic heterocycles. The highest BCUT2D eigenvalue weighted by atomic mass is 17.0. The summed E-state index contributed by atoms with van der Waals surface area (Å²) in [6.45, 7) is 3.93. The number of carbonyl (C=O) groups excluding carboxylic acids is 2. The summed E-state index contributed by atoms with van der Waals surface area (Å²) in [4.78, 5) is 37.6. The fraction of sp³-hybridized carbons (Fsp3) is 0.600. The van der Waals surface area contributed by atoms with Gasteiger partial charge in [-0.05, 0) is 30.0 Å². The SMILES string of the molecule is COc1cc(CNC(=O)CCCCCCC(C)C)ccc1OC(=O)CO[N+](=O)[O-]. The molecule has 0 radical (unpaired) electrons. The van der Waals surface area contributed by atoms with Gasteiger partial charge in [0.25, 0.3) is 5.09 Å². The van der Waals surface area contributed by atoms with E-state index in [-0.39, 0.29) is 17.4 Å². The zero-order valence-electron chi connectivity index (χ0n) is 17.3. The zero-order valence-corrected chi connectivity index (χ0v) is 17.3. The van der Waals surface area contributed by atoms with Crippen LogP contribution in [0.15, 0.2) is 18.2 Å². The van der Waals surface area contributed by atoms with Crippen LogP contribution in [0, 0.1) is 16.0 Å². The van der Waals surface area contributed by atoms with Gasteiger partial charge in [0.15, 0.2) is 18.1 Å². The van der Waals surface area contributed by atoms with Crippen molar-refractivity contribution in [2.24, 2.45) is 5.92 Å². The van der Waals surface area contributed by atoms with Crippen molar-refractivity contribution in [1.82, 2.24) is 5.32 Å². The Balaban J connectivity index is 2.40. The van der Waals surface area contributed by atoms with E-state index >= 15 is 0 Å². The molecule has 0 atom stereocenters. The second kappa shape index (κ2) is 13.4. The lowest BCUT2D eigenvalue weighted by atomic mass is 10.0. The first kappa shape index (κ1) is 24.2. The zero-order chi connectivity index (χ0) is 21.6. The molecular formula is C20H30N2O7. The number of nitrogens with one attached hydrogen (secondary N) is 1. The summed E-state index contributed by atoms with van der Waals surface area (Å²) in [6, 6.07) is 4.80. The number of benzene rings is 1. The largest absolute Gasteiger partial charge is 0.493 e. The van der Waals surface area contributed by atoms with Gasteiger partial charge >= 0.3 is 5.97 Å². The number of methoxy groups -OCH3 is 1. The van der Waals surface area contributed by atoms with Gasteiger partial charge in [0, 0.05) is 13.0 Å². The van der Waals surface area contributed by atoms with Gasteiger partial charge in [-0.25, -0.2) is 4.79 Å². The Kier molecular flexibility index (Phi) is 11.1. The standard InChI is InChI=1S/C20H30N2O7/c1-15(2)8-6-4-5-7-9-19(23)21-13-16-10-11-17(18(12-16)27-3)29-20(24)14-28-22(25)26/h10-12,15H,4-9,13-14H2,1-3H3,(H,21,23). The molecule has 0 bridgehead atoms. The molecule has 0 fully saturated rings. The van der Waals surface area contributed by atoms with Gasteiger partial charge in [-0.15, -0.1) is 10.1 Å². The third-order valence-corrected chi connectivity index (χ3v) is 4.16. The first-order chi connectivity index (χ1) is 13.8. The number of nitrogens with zero attached hydrogens (tertiary/aromatic N) is 1. The van der Waals surface area contributed by atoms with E-state index in [9.17, 15) is 19.7 Å². The summed E-state index contributed by atoms with van der Waals surface area (Å²) in [5, 5.41) is 11.9. The van der Waals surface area contributed by atoms with Crippen LogP contribution < -0.4 is 14.8 Å². The molecule has 162 valence electrons. The quantitative estimate of drug-likeness (QED) is 0.164. The van der Waals surface area contributed by atoms with Crippen LogP contribution in [-0.4, -0.2) is 30.7 Å². The average molecular weight is 410 g/mol. The first-order valence-electron chi connectivity index (χ1n) is 9.73. The number of hydrogen-bond donors (Lipinski definition) is 1. The lowest BCUT2D eigenvalue weighted by Crippen LogP contribution is -2.22. The van der Waals surface area contributed by atoms with Crippen LogP contribution in [0.25, 0.3) is 0 Å². The Morgan fingerprint density at radius 3 is 2.52 bits per heavy atom. The lowest BCUT2D eigenvalue weighted by Gasteiger charge is -2.11. The Hall–Kier alpha value is -2.84. The maximum Gasteiger partial charge on any atom is 0.337 e. The highest BCUT2D eigenvalue weighted by molar-refractivity contribution is 5.76. The molecule has 1 amide bonds. The van der Waals surface area contributed by atoms with E-state index in [1.165, 1.54) is 26.0 Å². The third-order valence-electron chi connectivity index (χ3n) is 4.16. The van der Waals surface area contributed by atoms with Crippen molar-refractivity contribution in [3.05, 3.63) is 33.9 Å². The van der Waals surface area contributed by atoms with Gasteiger partial charge in [0.05, 0.1) is 7.11 Å². The first-order valence-corrected chi connectivity index (χ1v) is 9.73. The van der Waals surface area contributed by atoms with Crippen molar-refractivity contribution < 1.29 is 29.0 Å². The van der Waals surface area contributed by atoms with Gasteiger partial charge in [-0.3, -0.25) is 4.79 Å². The Bertz CT molecular complexity index is 677. The molecule has 29 heavy (non-hydrogen) atoms. The van der Waals surface area contributed by atoms with Crippen LogP contribution in [0.2, 0.25) is 0 Å². The molecule has 0 unspecified atom stereocenters. The van der Waals surface area contributed by atoms with E-state index < -0.39 is 17.7 Å². The number of unbranched alkanes of at least 4 members (excludes halogenated alkanes) is 3. The van der Waals surface area contributed by atoms with E-state index in [4.69, 9.17) is 9.47 Å². The van der Waals surface area contributed by atoms with E-state index in [2.05, 4.69) is 24.0 Å². The van der Waals surface area contributed by atoms with Crippen LogP contribution in [0.4, 0.5) is 0 Å². The number of carbonyl (C=O) groups is 2. The van der Waals surface area contributed by atoms with E-state index in [1.807, 2.05) is 0 Å². The molecule has 1 N–H and O–H groups in total. The minimum atomic E-state index is -1.07. The van der Waals surface area contributed by atoms with Crippen LogP contribution in [0.5, 0.6) is 11.5 Å². The highest BCUT2D eigenvalue weighted by Crippen LogP contribution is 2.28. The number of hydrogen-bond acceptors (Lipinski definition) is 7. The molecule has 0 spiro atoms. The lowest BCUT2D eigenvalue weighted by molar-refractivity contribution is -0.754. The van der Waals surface area contributed by atoms with Gasteiger partial charge < -0.3 is 19.6 Å². The molecular weight excluding hydrogens is 380 g/mol. The summed E-state index contributed by atoms with van der Waals surface area (Å²) >= 11 is 0. The molecule has 0 saturated carbocycles. The molecule has 9 heteroatoms. The fourth-order valence-electron chi connectivity index (χ4n) is 2.64. The average Bonchev–Trinajstić information content (AvgIpc) is 2.67. The van der Waals surface area contributed by atoms with Crippen molar-refractivity contribution in [2.45, 2.75) is 58.9 Å². The van der Waals surface area contributed by atoms with Crippen molar-refractivity contribution in [1.29, 1.82) is 0 Å². The smallest absolute Gasteiger partial charge is 0.337 e. The second-order valence-electron chi connectivity index (χ2n) is 7.08. The highest BCUT2D eigenvalue weighted by Gasteiger charge is 2.13. The number of esters is 1. The van der Waals surface area contributed by atoms with Gasteiger partial charge in [-0.2, -0.15) is 0 Å². The fourth-order valence-corrected chi connectivity index (χ4v) is 2.64. The molecule has 0 heterocycles. The van der Waals surface area contributed by atoms with Crippen LogP contribution >= 0.6 is 0 Å². The molecule has 1 aromatic carbocycles. The van der Waals surface area contributed by atoms with Crippen LogP contribution in [-0.2, 0) is 21.0 Å². The summed E-state index contributed by atoms with van der Waals surface area (Å²) < 4.78 is 10.2. The molecule has 9 nitrogen and oxygen atoms in total. The summed E-state index contributed by atoms with van der Waals surface area (Å²) in [6.07, 6.45) is 5.99. The molecule has 0 aliphatic rings. The summed E-state index contributed by atoms with van der Waals surface area (Å²) in [7, 11) is 1.40. The van der Waals surface area contributed by atoms with E-state index in [0.717, 1.165) is 30.7 Å². The second-order valence-corrected chi connectivity index (χ2v) is 7.08. The van der Waals surface area contributed by atoms with Gasteiger partial charge in [0.1, 0.15) is 0 Å². The van der Waals surface area contributed by atoms with Crippen molar-refractivity contribution >= 4 is 11.9 Å². The molecule has 0 aliphatic carbocycles. The summed E-state index contributed by atoms with van der Waals surface area (Å²) in [5.74, 6) is 0.173. The molecule has 1 aromatic rings. The van der Waals surface area contributed by atoms with Crippen LogP contribution in [0.3, 0.4) is 0 Å². The minimum Gasteiger partial charge on any atom is -0.493 e. The van der Waals surface area contributed by atoms with Crippen molar-refractivity contribution in [3.8, 4) is 11.5 Å². The molecule has 0 aliphatic heterocycles. The van der Waals surface area contributed by atoms with E-state index in [0.29, 0.717) is 13.0 Å². The van der Waals surface area contributed by atoms with Gasteiger partial charge in [0.2, 0.25) is 5.91 Å². The number of amides is 1. The predicted octanol–water partition coefficient (Wildman–Crippen LogP) is 3.42. The molecule has 0 saturated heterocycles. The Morgan fingerprint density at radius 2 is 1.86 bits per heavy atom. The maximum absolute atomic E-state index is 12.0. The van der Waals surface area contributed by atoms with E-state index in [1.54, 1.807) is 12.1 Å². The Labute approximate surface area is 170 Å². The number of ether oxygens (including phenoxy) is 2. The third kappa shape index (κ3) is 10.9. The Morgan fingerprint density at radius 1 is 1.14 bits per heavy atom. The van der Waals surface area contributed by atoms with Crippen LogP contribution in [0.1, 0.15) is 57.9 Å².